The fourth-order valence-electron chi connectivity index (χ4n) is 1.95. The van der Waals surface area contributed by atoms with E-state index in [2.05, 4.69) is 5.32 Å². The van der Waals surface area contributed by atoms with Crippen LogP contribution in [-0.4, -0.2) is 56.8 Å². The Morgan fingerprint density at radius 2 is 2.35 bits per heavy atom. The number of rotatable bonds is 5. The minimum Gasteiger partial charge on any atom is -0.490 e. The monoisotopic (exact) mass is 298 g/mol. The van der Waals surface area contributed by atoms with Crippen LogP contribution in [0, 0.1) is 0 Å². The number of para-hydroxylation sites is 1. The van der Waals surface area contributed by atoms with Gasteiger partial charge in [0.1, 0.15) is 18.4 Å². The number of hydrogen-bond acceptors (Lipinski definition) is 4. The number of ether oxygens (including phenoxy) is 2. The first kappa shape index (κ1) is 15.1. The number of carbonyl (C=O) groups excluding carboxylic acids is 1. The number of likely N-dealkylation sites (N-methyl/N-ethyl adjacent to an activating group) is 1. The summed E-state index contributed by atoms with van der Waals surface area (Å²) in [4.78, 5) is 13.8. The lowest BCUT2D eigenvalue weighted by molar-refractivity contribution is -0.135. The van der Waals surface area contributed by atoms with Gasteiger partial charge in [-0.3, -0.25) is 4.79 Å². The fourth-order valence-corrected chi connectivity index (χ4v) is 2.14. The van der Waals surface area contributed by atoms with Crippen molar-refractivity contribution in [1.82, 2.24) is 10.2 Å². The molecule has 110 valence electrons. The highest BCUT2D eigenvalue weighted by Gasteiger charge is 2.24. The molecule has 1 aromatic carbocycles. The highest BCUT2D eigenvalue weighted by atomic mass is 35.5. The normalized spacial score (nSPS) is 18.6. The maximum Gasteiger partial charge on any atom is 0.241 e. The van der Waals surface area contributed by atoms with Crippen molar-refractivity contribution in [3.63, 3.8) is 0 Å². The van der Waals surface area contributed by atoms with Crippen LogP contribution in [0.2, 0.25) is 5.02 Å². The van der Waals surface area contributed by atoms with Crippen molar-refractivity contribution in [2.45, 2.75) is 6.04 Å². The first-order chi connectivity index (χ1) is 9.68. The summed E-state index contributed by atoms with van der Waals surface area (Å²) in [6.07, 6.45) is 0. The molecule has 1 atom stereocenters. The molecule has 6 heteroatoms. The van der Waals surface area contributed by atoms with Gasteiger partial charge in [0.05, 0.1) is 24.8 Å². The molecule has 0 spiro atoms. The van der Waals surface area contributed by atoms with E-state index < -0.39 is 0 Å². The number of amides is 1. The average molecular weight is 299 g/mol. The molecule has 1 aromatic rings. The number of hydrogen-bond donors (Lipinski definition) is 1. The summed E-state index contributed by atoms with van der Waals surface area (Å²) in [7, 11) is 1.76. The summed E-state index contributed by atoms with van der Waals surface area (Å²) in [5.41, 5.74) is 0. The largest absolute Gasteiger partial charge is 0.490 e. The molecule has 1 unspecified atom stereocenters. The maximum absolute atomic E-state index is 12.1. The van der Waals surface area contributed by atoms with Gasteiger partial charge >= 0.3 is 0 Å². The third kappa shape index (κ3) is 4.10. The number of nitrogens with one attached hydrogen (secondary N) is 1. The summed E-state index contributed by atoms with van der Waals surface area (Å²) < 4.78 is 10.9. The first-order valence-corrected chi connectivity index (χ1v) is 6.99. The molecular formula is C14H19ClN2O3. The molecule has 0 bridgehead atoms. The van der Waals surface area contributed by atoms with E-state index in [9.17, 15) is 4.79 Å². The number of morpholine rings is 1. The highest BCUT2D eigenvalue weighted by molar-refractivity contribution is 6.32. The molecule has 0 radical (unpaired) electrons. The second kappa shape index (κ2) is 7.47. The zero-order chi connectivity index (χ0) is 14.4. The summed E-state index contributed by atoms with van der Waals surface area (Å²) in [6.45, 7) is 2.69. The van der Waals surface area contributed by atoms with Gasteiger partial charge in [0, 0.05) is 13.6 Å². The number of carbonyl (C=O) groups is 1. The summed E-state index contributed by atoms with van der Waals surface area (Å²) in [5.74, 6) is 0.654. The lowest BCUT2D eigenvalue weighted by Gasteiger charge is -2.27. The van der Waals surface area contributed by atoms with Gasteiger partial charge in [-0.2, -0.15) is 0 Å². The highest BCUT2D eigenvalue weighted by Crippen LogP contribution is 2.22. The van der Waals surface area contributed by atoms with E-state index >= 15 is 0 Å². The van der Waals surface area contributed by atoms with Crippen molar-refractivity contribution in [2.75, 3.05) is 40.0 Å². The van der Waals surface area contributed by atoms with Gasteiger partial charge < -0.3 is 19.7 Å². The minimum absolute atomic E-state index is 0.0208. The Kier molecular flexibility index (Phi) is 5.64. The van der Waals surface area contributed by atoms with Crippen molar-refractivity contribution < 1.29 is 14.3 Å². The van der Waals surface area contributed by atoms with E-state index in [1.807, 2.05) is 12.1 Å². The second-order valence-corrected chi connectivity index (χ2v) is 5.03. The Morgan fingerprint density at radius 3 is 3.05 bits per heavy atom. The molecule has 1 aliphatic rings. The van der Waals surface area contributed by atoms with Crippen molar-refractivity contribution in [3.8, 4) is 5.75 Å². The van der Waals surface area contributed by atoms with Crippen LogP contribution >= 0.6 is 11.6 Å². The molecule has 1 N–H and O–H groups in total. The van der Waals surface area contributed by atoms with Gasteiger partial charge in [-0.05, 0) is 12.1 Å². The Morgan fingerprint density at radius 1 is 1.55 bits per heavy atom. The zero-order valence-corrected chi connectivity index (χ0v) is 12.2. The van der Waals surface area contributed by atoms with Gasteiger partial charge in [0.15, 0.2) is 0 Å². The molecule has 1 saturated heterocycles. The summed E-state index contributed by atoms with van der Waals surface area (Å²) >= 11 is 5.99. The molecule has 1 aliphatic heterocycles. The van der Waals surface area contributed by atoms with E-state index in [0.29, 0.717) is 43.7 Å². The molecule has 2 rings (SSSR count). The minimum atomic E-state index is -0.255. The molecular weight excluding hydrogens is 280 g/mol. The lowest BCUT2D eigenvalue weighted by atomic mass is 10.2. The van der Waals surface area contributed by atoms with E-state index in [1.54, 1.807) is 24.1 Å². The van der Waals surface area contributed by atoms with Crippen LogP contribution in [0.3, 0.4) is 0 Å². The van der Waals surface area contributed by atoms with Crippen LogP contribution in [0.1, 0.15) is 0 Å². The van der Waals surface area contributed by atoms with Gasteiger partial charge in [-0.1, -0.05) is 23.7 Å². The lowest BCUT2D eigenvalue weighted by Crippen LogP contribution is -2.52. The predicted octanol–water partition coefficient (Wildman–Crippen LogP) is 1.17. The zero-order valence-electron chi connectivity index (χ0n) is 11.5. The Hall–Kier alpha value is -1.30. The van der Waals surface area contributed by atoms with Crippen molar-refractivity contribution >= 4 is 17.5 Å². The van der Waals surface area contributed by atoms with Crippen LogP contribution in [0.15, 0.2) is 24.3 Å². The maximum atomic E-state index is 12.1. The SMILES string of the molecule is CN(CCOc1ccccc1Cl)C(=O)C1COCCN1. The molecule has 1 amide bonds. The fraction of sp³-hybridized carbons (Fsp3) is 0.500. The number of benzene rings is 1. The van der Waals surface area contributed by atoms with Crippen LogP contribution in [0.25, 0.3) is 0 Å². The second-order valence-electron chi connectivity index (χ2n) is 4.62. The van der Waals surface area contributed by atoms with Gasteiger partial charge in [-0.15, -0.1) is 0 Å². The molecule has 1 fully saturated rings. The van der Waals surface area contributed by atoms with E-state index in [0.717, 1.165) is 0 Å². The van der Waals surface area contributed by atoms with Crippen LogP contribution in [-0.2, 0) is 9.53 Å². The van der Waals surface area contributed by atoms with Crippen molar-refractivity contribution in [2.24, 2.45) is 0 Å². The van der Waals surface area contributed by atoms with Crippen LogP contribution in [0.4, 0.5) is 0 Å². The molecule has 1 heterocycles. The van der Waals surface area contributed by atoms with E-state index in [1.165, 1.54) is 0 Å². The van der Waals surface area contributed by atoms with Crippen molar-refractivity contribution in [3.05, 3.63) is 29.3 Å². The van der Waals surface area contributed by atoms with E-state index in [4.69, 9.17) is 21.1 Å². The third-order valence-corrected chi connectivity index (χ3v) is 3.43. The molecule has 0 aromatic heterocycles. The van der Waals surface area contributed by atoms with Crippen LogP contribution in [0.5, 0.6) is 5.75 Å². The smallest absolute Gasteiger partial charge is 0.241 e. The quantitative estimate of drug-likeness (QED) is 0.886. The Balaban J connectivity index is 1.75. The molecule has 0 aliphatic carbocycles. The standard InChI is InChI=1S/C14H19ClN2O3/c1-17(14(18)12-10-19-8-6-16-12)7-9-20-13-5-3-2-4-11(13)15/h2-5,12,16H,6-10H2,1H3. The Bertz CT molecular complexity index is 450. The molecule has 20 heavy (non-hydrogen) atoms. The van der Waals surface area contributed by atoms with Crippen LogP contribution < -0.4 is 10.1 Å². The third-order valence-electron chi connectivity index (χ3n) is 3.12. The van der Waals surface area contributed by atoms with Gasteiger partial charge in [0.25, 0.3) is 0 Å². The molecule has 5 nitrogen and oxygen atoms in total. The van der Waals surface area contributed by atoms with Gasteiger partial charge in [0.2, 0.25) is 5.91 Å². The van der Waals surface area contributed by atoms with Gasteiger partial charge in [-0.25, -0.2) is 0 Å². The number of halogens is 1. The predicted molar refractivity (Wildman–Crippen MR) is 77.2 cm³/mol. The van der Waals surface area contributed by atoms with Crippen molar-refractivity contribution in [1.29, 1.82) is 0 Å². The first-order valence-electron chi connectivity index (χ1n) is 6.62. The summed E-state index contributed by atoms with van der Waals surface area (Å²) in [6, 6.07) is 7.03. The summed E-state index contributed by atoms with van der Waals surface area (Å²) in [5, 5.41) is 3.71. The Labute approximate surface area is 123 Å². The van der Waals surface area contributed by atoms with E-state index in [-0.39, 0.29) is 11.9 Å². The number of nitrogens with zero attached hydrogens (tertiary/aromatic N) is 1. The molecule has 0 saturated carbocycles. The topological polar surface area (TPSA) is 50.8 Å². The average Bonchev–Trinajstić information content (AvgIpc) is 2.49.